The van der Waals surface area contributed by atoms with Crippen molar-refractivity contribution in [3.63, 3.8) is 0 Å². The molecule has 0 atom stereocenters. The van der Waals surface area contributed by atoms with Gasteiger partial charge in [0.15, 0.2) is 28.2 Å². The maximum atomic E-state index is 15.3. The average molecular weight is 504 g/mol. The van der Waals surface area contributed by atoms with E-state index in [-0.39, 0.29) is 28.8 Å². The Kier molecular flexibility index (Phi) is 6.47. The Bertz CT molecular complexity index is 1250. The molecule has 1 aromatic carbocycles. The number of nitrogens with zero attached hydrogens (tertiary/aromatic N) is 4. The van der Waals surface area contributed by atoms with Crippen LogP contribution in [-0.2, 0) is 17.8 Å². The number of morpholine rings is 1. The van der Waals surface area contributed by atoms with Crippen molar-refractivity contribution in [1.82, 2.24) is 14.9 Å². The summed E-state index contributed by atoms with van der Waals surface area (Å²) in [7, 11) is 2.64. The summed E-state index contributed by atoms with van der Waals surface area (Å²) in [5.74, 6) is -1.92. The van der Waals surface area contributed by atoms with Crippen LogP contribution in [0.1, 0.15) is 18.2 Å². The smallest absolute Gasteiger partial charge is 0.192 e. The summed E-state index contributed by atoms with van der Waals surface area (Å²) in [6.07, 6.45) is 1.73. The average Bonchev–Trinajstić information content (AvgIpc) is 3.28. The van der Waals surface area contributed by atoms with Crippen molar-refractivity contribution in [2.75, 3.05) is 56.9 Å². The minimum absolute atomic E-state index is 0.123. The molecule has 1 N–H and O–H groups in total. The fourth-order valence-corrected chi connectivity index (χ4v) is 5.11. The van der Waals surface area contributed by atoms with E-state index >= 15 is 8.78 Å². The normalized spacial score (nSPS) is 16.7. The number of fused-ring (bicyclic) bond motifs is 3. The molecular formula is C24H27F2N5O3S. The SMILES string of the molecule is CCN1C(=S)N(c2c(F)c(OC)cc(OC)c2F)Cc2cnc3[nH]c(CN4CCOCC4)cc3c21. The quantitative estimate of drug-likeness (QED) is 0.510. The Labute approximate surface area is 207 Å². The van der Waals surface area contributed by atoms with Gasteiger partial charge in [0.25, 0.3) is 0 Å². The Morgan fingerprint density at radius 2 is 1.77 bits per heavy atom. The molecular weight excluding hydrogens is 476 g/mol. The van der Waals surface area contributed by atoms with E-state index in [2.05, 4.69) is 20.9 Å². The van der Waals surface area contributed by atoms with Crippen molar-refractivity contribution < 1.29 is 23.0 Å². The van der Waals surface area contributed by atoms with Gasteiger partial charge in [0.05, 0.1) is 39.7 Å². The van der Waals surface area contributed by atoms with Crippen LogP contribution in [0.2, 0.25) is 0 Å². The van der Waals surface area contributed by atoms with Gasteiger partial charge in [0, 0.05) is 55.1 Å². The predicted octanol–water partition coefficient (Wildman–Crippen LogP) is 3.82. The van der Waals surface area contributed by atoms with Crippen LogP contribution in [0.5, 0.6) is 11.5 Å². The van der Waals surface area contributed by atoms with Gasteiger partial charge in [0.2, 0.25) is 0 Å². The summed E-state index contributed by atoms with van der Waals surface area (Å²) < 4.78 is 46.3. The highest BCUT2D eigenvalue weighted by Gasteiger charge is 2.35. The molecule has 0 aliphatic carbocycles. The summed E-state index contributed by atoms with van der Waals surface area (Å²) in [5, 5.41) is 1.22. The number of benzene rings is 1. The van der Waals surface area contributed by atoms with E-state index in [9.17, 15) is 0 Å². The first-order valence-electron chi connectivity index (χ1n) is 11.4. The van der Waals surface area contributed by atoms with Crippen LogP contribution in [0.25, 0.3) is 11.0 Å². The number of pyridine rings is 1. The van der Waals surface area contributed by atoms with Gasteiger partial charge in [0.1, 0.15) is 11.3 Å². The largest absolute Gasteiger partial charge is 0.493 e. The zero-order valence-corrected chi connectivity index (χ0v) is 20.7. The monoisotopic (exact) mass is 503 g/mol. The van der Waals surface area contributed by atoms with E-state index in [1.54, 1.807) is 6.20 Å². The second-order valence-corrected chi connectivity index (χ2v) is 8.81. The highest BCUT2D eigenvalue weighted by atomic mass is 32.1. The molecule has 0 radical (unpaired) electrons. The van der Waals surface area contributed by atoms with Gasteiger partial charge in [-0.25, -0.2) is 13.8 Å². The zero-order chi connectivity index (χ0) is 24.7. The molecule has 0 saturated carbocycles. The maximum Gasteiger partial charge on any atom is 0.192 e. The Morgan fingerprint density at radius 3 is 2.40 bits per heavy atom. The molecule has 2 aromatic heterocycles. The lowest BCUT2D eigenvalue weighted by molar-refractivity contribution is 0.0337. The predicted molar refractivity (Wildman–Crippen MR) is 133 cm³/mol. The summed E-state index contributed by atoms with van der Waals surface area (Å²) in [5.41, 5.74) is 3.20. The van der Waals surface area contributed by atoms with Gasteiger partial charge >= 0.3 is 0 Å². The molecule has 1 saturated heterocycles. The van der Waals surface area contributed by atoms with Gasteiger partial charge in [-0.1, -0.05) is 0 Å². The number of nitrogens with one attached hydrogen (secondary N) is 1. The standard InChI is InChI=1S/C24H27F2N5O3S/c1-4-30-21-14(11-27-23-16(21)9-15(28-23)13-29-5-7-34-8-6-29)12-31(24(30)35)22-19(25)17(32-2)10-18(33-3)20(22)26/h9-11H,4-8,12-13H2,1-3H3,(H,27,28). The van der Waals surface area contributed by atoms with E-state index in [0.717, 1.165) is 60.8 Å². The molecule has 2 aliphatic heterocycles. The first-order chi connectivity index (χ1) is 17.0. The summed E-state index contributed by atoms with van der Waals surface area (Å²) >= 11 is 5.77. The number of H-pyrrole nitrogens is 1. The molecule has 3 aromatic rings. The number of methoxy groups -OCH3 is 2. The second kappa shape index (κ2) is 9.56. The highest BCUT2D eigenvalue weighted by Crippen LogP contribution is 2.42. The summed E-state index contributed by atoms with van der Waals surface area (Å²) in [4.78, 5) is 13.7. The lowest BCUT2D eigenvalue weighted by Crippen LogP contribution is -2.48. The number of anilines is 2. The number of aromatic nitrogens is 2. The molecule has 0 unspecified atom stereocenters. The number of thiocarbonyl (C=S) groups is 1. The number of rotatable bonds is 6. The third-order valence-electron chi connectivity index (χ3n) is 6.46. The Morgan fingerprint density at radius 1 is 1.09 bits per heavy atom. The van der Waals surface area contributed by atoms with Crippen LogP contribution in [0.3, 0.4) is 0 Å². The fraction of sp³-hybridized carbons (Fsp3) is 0.417. The molecule has 35 heavy (non-hydrogen) atoms. The number of hydrogen-bond acceptors (Lipinski definition) is 6. The molecule has 1 fully saturated rings. The van der Waals surface area contributed by atoms with Crippen molar-refractivity contribution in [3.05, 3.63) is 41.2 Å². The van der Waals surface area contributed by atoms with Crippen molar-refractivity contribution in [2.45, 2.75) is 20.0 Å². The first-order valence-corrected chi connectivity index (χ1v) is 11.9. The van der Waals surface area contributed by atoms with Gasteiger partial charge in [-0.05, 0) is 25.2 Å². The van der Waals surface area contributed by atoms with E-state index in [4.69, 9.17) is 26.4 Å². The molecule has 0 bridgehead atoms. The van der Waals surface area contributed by atoms with Gasteiger partial charge in [-0.2, -0.15) is 0 Å². The lowest BCUT2D eigenvalue weighted by Gasteiger charge is -2.39. The van der Waals surface area contributed by atoms with Gasteiger partial charge in [-0.3, -0.25) is 4.90 Å². The van der Waals surface area contributed by atoms with E-state index in [1.807, 2.05) is 11.8 Å². The molecule has 2 aliphatic rings. The number of hydrogen-bond donors (Lipinski definition) is 1. The van der Waals surface area contributed by atoms with Crippen LogP contribution >= 0.6 is 12.2 Å². The van der Waals surface area contributed by atoms with Crippen molar-refractivity contribution >= 4 is 39.7 Å². The molecule has 5 rings (SSSR count). The molecule has 4 heterocycles. The minimum atomic E-state index is -0.837. The molecule has 11 heteroatoms. The van der Waals surface area contributed by atoms with Gasteiger partial charge in [-0.15, -0.1) is 0 Å². The topological polar surface area (TPSA) is 66.1 Å². The van der Waals surface area contributed by atoms with Crippen LogP contribution < -0.4 is 19.3 Å². The number of aromatic amines is 1. The zero-order valence-electron chi connectivity index (χ0n) is 19.9. The van der Waals surface area contributed by atoms with E-state index in [1.165, 1.54) is 25.2 Å². The van der Waals surface area contributed by atoms with Crippen LogP contribution in [-0.4, -0.2) is 67.0 Å². The van der Waals surface area contributed by atoms with Crippen LogP contribution in [0, 0.1) is 11.6 Å². The maximum absolute atomic E-state index is 15.3. The number of halogens is 2. The fourth-order valence-electron chi connectivity index (χ4n) is 4.73. The van der Waals surface area contributed by atoms with Crippen LogP contribution in [0.15, 0.2) is 18.3 Å². The third-order valence-corrected chi connectivity index (χ3v) is 6.90. The second-order valence-electron chi connectivity index (χ2n) is 8.45. The minimum Gasteiger partial charge on any atom is -0.493 e. The summed E-state index contributed by atoms with van der Waals surface area (Å²) in [6, 6.07) is 3.28. The highest BCUT2D eigenvalue weighted by molar-refractivity contribution is 7.80. The van der Waals surface area contributed by atoms with Crippen molar-refractivity contribution in [2.24, 2.45) is 0 Å². The first kappa shape index (κ1) is 23.7. The van der Waals surface area contributed by atoms with Crippen molar-refractivity contribution in [1.29, 1.82) is 0 Å². The van der Waals surface area contributed by atoms with Crippen LogP contribution in [0.4, 0.5) is 20.2 Å². The van der Waals surface area contributed by atoms with Gasteiger partial charge < -0.3 is 29.0 Å². The Hall–Kier alpha value is -3.02. The Balaban J connectivity index is 1.57. The molecule has 0 spiro atoms. The lowest BCUT2D eigenvalue weighted by atomic mass is 10.1. The van der Waals surface area contributed by atoms with Crippen molar-refractivity contribution in [3.8, 4) is 11.5 Å². The molecule has 186 valence electrons. The molecule has 8 nitrogen and oxygen atoms in total. The third kappa shape index (κ3) is 4.07. The summed E-state index contributed by atoms with van der Waals surface area (Å²) in [6.45, 7) is 6.58. The van der Waals surface area contributed by atoms with E-state index < -0.39 is 11.6 Å². The number of ether oxygens (including phenoxy) is 3. The molecule has 0 amide bonds. The van der Waals surface area contributed by atoms with E-state index in [0.29, 0.717) is 6.54 Å².